The van der Waals surface area contributed by atoms with Crippen LogP contribution in [0, 0.1) is 0 Å². The average Bonchev–Trinajstić information content (AvgIpc) is 2.71. The quantitative estimate of drug-likeness (QED) is 0.610. The number of rotatable bonds is 9. The number of amides is 1. The Balaban J connectivity index is 1.96. The molecule has 0 aliphatic heterocycles. The molecule has 27 heavy (non-hydrogen) atoms. The van der Waals surface area contributed by atoms with Crippen molar-refractivity contribution in [3.05, 3.63) is 42.0 Å². The Kier molecular flexibility index (Phi) is 7.67. The Morgan fingerprint density at radius 2 is 1.41 bits per heavy atom. The third-order valence-corrected chi connectivity index (χ3v) is 4.99. The lowest BCUT2D eigenvalue weighted by molar-refractivity contribution is -0.127. The predicted molar refractivity (Wildman–Crippen MR) is 106 cm³/mol. The van der Waals surface area contributed by atoms with Gasteiger partial charge in [-0.15, -0.1) is 11.8 Å². The number of carbonyl (C=O) groups excluding carboxylic acids is 1. The van der Waals surface area contributed by atoms with Crippen LogP contribution in [0.2, 0.25) is 0 Å². The molecule has 2 aromatic rings. The fourth-order valence-electron chi connectivity index (χ4n) is 2.50. The largest absolute Gasteiger partial charge is 0.493 e. The third kappa shape index (κ3) is 5.47. The van der Waals surface area contributed by atoms with Gasteiger partial charge in [-0.2, -0.15) is 0 Å². The van der Waals surface area contributed by atoms with Crippen molar-refractivity contribution in [2.75, 3.05) is 41.2 Å². The zero-order chi connectivity index (χ0) is 19.8. The van der Waals surface area contributed by atoms with Gasteiger partial charge in [-0.1, -0.05) is 6.07 Å². The molecule has 6 nitrogen and oxygen atoms in total. The number of hydrogen-bond acceptors (Lipinski definition) is 6. The molecule has 146 valence electrons. The molecule has 0 unspecified atom stereocenters. The first kappa shape index (κ1) is 20.8. The van der Waals surface area contributed by atoms with Crippen molar-refractivity contribution in [1.82, 2.24) is 4.90 Å². The van der Waals surface area contributed by atoms with E-state index in [1.807, 2.05) is 36.4 Å². The van der Waals surface area contributed by atoms with E-state index in [-0.39, 0.29) is 5.91 Å². The Hall–Kier alpha value is -2.54. The van der Waals surface area contributed by atoms with Crippen LogP contribution in [0.5, 0.6) is 23.0 Å². The van der Waals surface area contributed by atoms with Crippen molar-refractivity contribution < 1.29 is 23.7 Å². The summed E-state index contributed by atoms with van der Waals surface area (Å²) < 4.78 is 21.1. The van der Waals surface area contributed by atoms with Crippen molar-refractivity contribution in [1.29, 1.82) is 0 Å². The number of carbonyl (C=O) groups is 1. The monoisotopic (exact) mass is 391 g/mol. The van der Waals surface area contributed by atoms with Crippen LogP contribution in [0.1, 0.15) is 5.56 Å². The standard InChI is InChI=1S/C20H25NO5S/c1-21(12-14-6-8-16(23-2)18(10-14)25-4)20(22)13-27-15-7-9-17(24-3)19(11-15)26-5/h6-11H,12-13H2,1-5H3. The minimum absolute atomic E-state index is 0.0320. The summed E-state index contributed by atoms with van der Waals surface area (Å²) in [7, 11) is 8.16. The summed E-state index contributed by atoms with van der Waals surface area (Å²) in [4.78, 5) is 15.1. The van der Waals surface area contributed by atoms with E-state index >= 15 is 0 Å². The van der Waals surface area contributed by atoms with Gasteiger partial charge in [0.2, 0.25) is 5.91 Å². The fraction of sp³-hybridized carbons (Fsp3) is 0.350. The van der Waals surface area contributed by atoms with Crippen LogP contribution in [0.4, 0.5) is 0 Å². The minimum Gasteiger partial charge on any atom is -0.493 e. The second kappa shape index (κ2) is 9.97. The number of nitrogens with zero attached hydrogens (tertiary/aromatic N) is 1. The van der Waals surface area contributed by atoms with Crippen LogP contribution < -0.4 is 18.9 Å². The van der Waals surface area contributed by atoms with E-state index in [9.17, 15) is 4.79 Å². The Bertz CT molecular complexity index is 781. The van der Waals surface area contributed by atoms with Crippen molar-refractivity contribution in [3.63, 3.8) is 0 Å². The lowest BCUT2D eigenvalue weighted by Crippen LogP contribution is -2.27. The SMILES string of the molecule is COc1ccc(CN(C)C(=O)CSc2ccc(OC)c(OC)c2)cc1OC. The first-order chi connectivity index (χ1) is 13.0. The predicted octanol–water partition coefficient (Wildman–Crippen LogP) is 3.47. The van der Waals surface area contributed by atoms with E-state index in [1.165, 1.54) is 11.8 Å². The van der Waals surface area contributed by atoms with Gasteiger partial charge in [-0.05, 0) is 35.9 Å². The van der Waals surface area contributed by atoms with Gasteiger partial charge < -0.3 is 23.8 Å². The molecule has 0 saturated heterocycles. The second-order valence-corrected chi connectivity index (χ2v) is 6.79. The zero-order valence-electron chi connectivity index (χ0n) is 16.3. The highest BCUT2D eigenvalue weighted by atomic mass is 32.2. The summed E-state index contributed by atoms with van der Waals surface area (Å²) >= 11 is 1.46. The fourth-order valence-corrected chi connectivity index (χ4v) is 3.37. The van der Waals surface area contributed by atoms with E-state index in [2.05, 4.69) is 0 Å². The second-order valence-electron chi connectivity index (χ2n) is 5.74. The van der Waals surface area contributed by atoms with Crippen molar-refractivity contribution in [2.24, 2.45) is 0 Å². The molecule has 0 aliphatic rings. The summed E-state index contributed by atoms with van der Waals surface area (Å²) in [6, 6.07) is 11.2. The third-order valence-electron chi connectivity index (χ3n) is 4.01. The maximum atomic E-state index is 12.5. The van der Waals surface area contributed by atoms with E-state index in [0.717, 1.165) is 10.5 Å². The van der Waals surface area contributed by atoms with E-state index < -0.39 is 0 Å². The Morgan fingerprint density at radius 3 is 2.00 bits per heavy atom. The van der Waals surface area contributed by atoms with Crippen LogP contribution >= 0.6 is 11.8 Å². The summed E-state index contributed by atoms with van der Waals surface area (Å²) in [5.74, 6) is 2.99. The van der Waals surface area contributed by atoms with Crippen LogP contribution in [0.15, 0.2) is 41.3 Å². The molecule has 0 aliphatic carbocycles. The zero-order valence-corrected chi connectivity index (χ0v) is 17.1. The molecule has 0 atom stereocenters. The molecule has 2 rings (SSSR count). The summed E-state index contributed by atoms with van der Waals surface area (Å²) in [5.41, 5.74) is 0.972. The summed E-state index contributed by atoms with van der Waals surface area (Å²) in [6.07, 6.45) is 0. The molecule has 0 heterocycles. The highest BCUT2D eigenvalue weighted by Gasteiger charge is 2.13. The molecule has 0 saturated carbocycles. The molecule has 0 fully saturated rings. The molecular weight excluding hydrogens is 366 g/mol. The summed E-state index contributed by atoms with van der Waals surface area (Å²) in [6.45, 7) is 0.492. The Morgan fingerprint density at radius 1 is 0.852 bits per heavy atom. The van der Waals surface area contributed by atoms with E-state index in [0.29, 0.717) is 35.3 Å². The number of thioether (sulfide) groups is 1. The highest BCUT2D eigenvalue weighted by Crippen LogP contribution is 2.32. The molecule has 0 spiro atoms. The highest BCUT2D eigenvalue weighted by molar-refractivity contribution is 8.00. The molecule has 0 bridgehead atoms. The molecule has 0 aromatic heterocycles. The number of ether oxygens (including phenoxy) is 4. The van der Waals surface area contributed by atoms with E-state index in [1.54, 1.807) is 40.4 Å². The molecule has 7 heteroatoms. The Labute approximate surface area is 164 Å². The number of methoxy groups -OCH3 is 4. The van der Waals surface area contributed by atoms with Crippen LogP contribution in [0.25, 0.3) is 0 Å². The van der Waals surface area contributed by atoms with E-state index in [4.69, 9.17) is 18.9 Å². The summed E-state index contributed by atoms with van der Waals surface area (Å²) in [5, 5.41) is 0. The minimum atomic E-state index is 0.0320. The number of hydrogen-bond donors (Lipinski definition) is 0. The van der Waals surface area contributed by atoms with Crippen LogP contribution in [-0.4, -0.2) is 52.0 Å². The molecule has 0 radical (unpaired) electrons. The smallest absolute Gasteiger partial charge is 0.232 e. The first-order valence-electron chi connectivity index (χ1n) is 8.32. The lowest BCUT2D eigenvalue weighted by atomic mass is 10.2. The van der Waals surface area contributed by atoms with Crippen molar-refractivity contribution in [3.8, 4) is 23.0 Å². The van der Waals surface area contributed by atoms with Gasteiger partial charge in [-0.25, -0.2) is 0 Å². The van der Waals surface area contributed by atoms with Crippen molar-refractivity contribution in [2.45, 2.75) is 11.4 Å². The topological polar surface area (TPSA) is 57.2 Å². The van der Waals surface area contributed by atoms with Gasteiger partial charge in [0.15, 0.2) is 23.0 Å². The van der Waals surface area contributed by atoms with Crippen LogP contribution in [0.3, 0.4) is 0 Å². The first-order valence-corrected chi connectivity index (χ1v) is 9.30. The normalized spacial score (nSPS) is 10.3. The molecular formula is C20H25NO5S. The van der Waals surface area contributed by atoms with Gasteiger partial charge in [0.05, 0.1) is 34.2 Å². The van der Waals surface area contributed by atoms with Gasteiger partial charge in [0.1, 0.15) is 0 Å². The maximum absolute atomic E-state index is 12.5. The van der Waals surface area contributed by atoms with Gasteiger partial charge >= 0.3 is 0 Å². The van der Waals surface area contributed by atoms with Crippen molar-refractivity contribution >= 4 is 17.7 Å². The molecule has 2 aromatic carbocycles. The molecule has 1 amide bonds. The average molecular weight is 391 g/mol. The molecule has 0 N–H and O–H groups in total. The van der Waals surface area contributed by atoms with Gasteiger partial charge in [-0.3, -0.25) is 4.79 Å². The van der Waals surface area contributed by atoms with Gasteiger partial charge in [0.25, 0.3) is 0 Å². The van der Waals surface area contributed by atoms with Crippen LogP contribution in [-0.2, 0) is 11.3 Å². The maximum Gasteiger partial charge on any atom is 0.232 e. The van der Waals surface area contributed by atoms with Gasteiger partial charge in [0, 0.05) is 18.5 Å². The lowest BCUT2D eigenvalue weighted by Gasteiger charge is -2.18. The number of benzene rings is 2.